The molecule has 5 aromatic rings. The quantitative estimate of drug-likeness (QED) is 0.274. The minimum Gasteiger partial charge on any atom is -0.497 e. The van der Waals surface area contributed by atoms with Gasteiger partial charge in [0.25, 0.3) is 5.91 Å². The number of carbonyl (C=O) groups is 1. The summed E-state index contributed by atoms with van der Waals surface area (Å²) in [5.41, 5.74) is 3.94. The number of amides is 1. The number of piperazine rings is 1. The molecule has 6 rings (SSSR count). The number of nitrogens with zero attached hydrogens (tertiary/aromatic N) is 5. The Morgan fingerprint density at radius 1 is 0.805 bits per heavy atom. The van der Waals surface area contributed by atoms with Crippen LogP contribution in [-0.2, 0) is 4.79 Å². The summed E-state index contributed by atoms with van der Waals surface area (Å²) in [6.45, 7) is 2.39. The van der Waals surface area contributed by atoms with Gasteiger partial charge in [0, 0.05) is 43.6 Å². The fraction of sp³-hybridized carbons (Fsp3) is 0.219. The largest absolute Gasteiger partial charge is 0.497 e. The molecule has 3 heterocycles. The number of hydrogen-bond acceptors (Lipinski definition) is 7. The Labute approximate surface area is 238 Å². The average Bonchev–Trinajstić information content (AvgIpc) is 3.44. The van der Waals surface area contributed by atoms with E-state index in [0.717, 1.165) is 39.4 Å². The zero-order valence-electron chi connectivity index (χ0n) is 23.1. The Kier molecular flexibility index (Phi) is 7.40. The van der Waals surface area contributed by atoms with Crippen molar-refractivity contribution in [2.24, 2.45) is 0 Å². The second-order valence-corrected chi connectivity index (χ2v) is 9.68. The maximum Gasteiger partial charge on any atom is 0.260 e. The molecule has 1 amide bonds. The van der Waals surface area contributed by atoms with Crippen LogP contribution in [0.2, 0.25) is 0 Å². The predicted molar refractivity (Wildman–Crippen MR) is 158 cm³/mol. The highest BCUT2D eigenvalue weighted by Crippen LogP contribution is 2.37. The summed E-state index contributed by atoms with van der Waals surface area (Å²) in [5, 5.41) is 0.980. The van der Waals surface area contributed by atoms with Gasteiger partial charge < -0.3 is 28.6 Å². The van der Waals surface area contributed by atoms with Crippen molar-refractivity contribution >= 4 is 22.8 Å². The first-order valence-electron chi connectivity index (χ1n) is 13.5. The predicted octanol–water partition coefficient (Wildman–Crippen LogP) is 4.83. The Hall–Kier alpha value is -5.05. The summed E-state index contributed by atoms with van der Waals surface area (Å²) < 4.78 is 18.6. The Morgan fingerprint density at radius 3 is 2.22 bits per heavy atom. The third kappa shape index (κ3) is 5.26. The molecule has 0 bridgehead atoms. The molecule has 41 heavy (non-hydrogen) atoms. The molecule has 2 aromatic heterocycles. The van der Waals surface area contributed by atoms with Gasteiger partial charge in [-0.15, -0.1) is 0 Å². The van der Waals surface area contributed by atoms with Gasteiger partial charge in [0.05, 0.1) is 19.6 Å². The summed E-state index contributed by atoms with van der Waals surface area (Å²) >= 11 is 0. The number of anilines is 1. The van der Waals surface area contributed by atoms with Gasteiger partial charge in [-0.1, -0.05) is 42.5 Å². The van der Waals surface area contributed by atoms with Crippen LogP contribution in [0.15, 0.2) is 91.4 Å². The lowest BCUT2D eigenvalue weighted by Crippen LogP contribution is -2.50. The smallest absolute Gasteiger partial charge is 0.260 e. The molecule has 9 nitrogen and oxygen atoms in total. The van der Waals surface area contributed by atoms with E-state index in [1.807, 2.05) is 65.6 Å². The third-order valence-corrected chi connectivity index (χ3v) is 7.35. The first kappa shape index (κ1) is 26.2. The SMILES string of the molecule is COc1ccc(-n2cc(-c3ccccc3)c3c(N4CCN(C(=O)COc5ccccc5OC)CC4)ncnc32)cc1. The molecule has 1 aliphatic rings. The van der Waals surface area contributed by atoms with E-state index in [2.05, 4.69) is 27.8 Å². The monoisotopic (exact) mass is 549 g/mol. The topological polar surface area (TPSA) is 82.0 Å². The summed E-state index contributed by atoms with van der Waals surface area (Å²) in [5.74, 6) is 2.76. The zero-order valence-corrected chi connectivity index (χ0v) is 23.1. The molecule has 0 aliphatic carbocycles. The second-order valence-electron chi connectivity index (χ2n) is 9.68. The van der Waals surface area contributed by atoms with Crippen LogP contribution >= 0.6 is 0 Å². The van der Waals surface area contributed by atoms with Crippen molar-refractivity contribution in [2.75, 3.05) is 51.9 Å². The van der Waals surface area contributed by atoms with E-state index in [9.17, 15) is 4.79 Å². The van der Waals surface area contributed by atoms with Crippen LogP contribution in [0.1, 0.15) is 0 Å². The number of ether oxygens (including phenoxy) is 3. The molecule has 9 heteroatoms. The van der Waals surface area contributed by atoms with Gasteiger partial charge in [-0.25, -0.2) is 9.97 Å². The molecule has 0 saturated carbocycles. The molecule has 1 fully saturated rings. The maximum absolute atomic E-state index is 13.0. The maximum atomic E-state index is 13.0. The number of hydrogen-bond donors (Lipinski definition) is 0. The fourth-order valence-corrected chi connectivity index (χ4v) is 5.20. The van der Waals surface area contributed by atoms with Crippen molar-refractivity contribution in [3.63, 3.8) is 0 Å². The molecule has 0 radical (unpaired) electrons. The fourth-order valence-electron chi connectivity index (χ4n) is 5.20. The van der Waals surface area contributed by atoms with Crippen LogP contribution in [-0.4, -0.2) is 72.3 Å². The van der Waals surface area contributed by atoms with Gasteiger partial charge >= 0.3 is 0 Å². The molecular weight excluding hydrogens is 518 g/mol. The number of benzene rings is 3. The van der Waals surface area contributed by atoms with Crippen molar-refractivity contribution in [3.05, 3.63) is 91.4 Å². The number of para-hydroxylation sites is 2. The number of rotatable bonds is 8. The molecule has 0 spiro atoms. The summed E-state index contributed by atoms with van der Waals surface area (Å²) in [6.07, 6.45) is 3.74. The molecule has 1 aliphatic heterocycles. The van der Waals surface area contributed by atoms with Gasteiger partial charge in [-0.05, 0) is 42.0 Å². The van der Waals surface area contributed by atoms with Gasteiger partial charge in [0.2, 0.25) is 0 Å². The first-order chi connectivity index (χ1) is 20.2. The second kappa shape index (κ2) is 11.6. The summed E-state index contributed by atoms with van der Waals surface area (Å²) in [4.78, 5) is 26.5. The molecular formula is C32H31N5O4. The van der Waals surface area contributed by atoms with Gasteiger partial charge in [0.1, 0.15) is 17.9 Å². The van der Waals surface area contributed by atoms with E-state index in [1.54, 1.807) is 26.6 Å². The Morgan fingerprint density at radius 2 is 1.51 bits per heavy atom. The van der Waals surface area contributed by atoms with Crippen LogP contribution in [0, 0.1) is 0 Å². The Balaban J connectivity index is 1.26. The lowest BCUT2D eigenvalue weighted by molar-refractivity contribution is -0.133. The van der Waals surface area contributed by atoms with E-state index in [-0.39, 0.29) is 12.5 Å². The minimum absolute atomic E-state index is 0.0407. The number of aromatic nitrogens is 3. The minimum atomic E-state index is -0.0565. The molecule has 0 unspecified atom stereocenters. The normalized spacial score (nSPS) is 13.3. The molecule has 1 saturated heterocycles. The van der Waals surface area contributed by atoms with Crippen LogP contribution in [0.25, 0.3) is 27.8 Å². The lowest BCUT2D eigenvalue weighted by Gasteiger charge is -2.35. The van der Waals surface area contributed by atoms with Gasteiger partial charge in [-0.3, -0.25) is 4.79 Å². The van der Waals surface area contributed by atoms with E-state index in [0.29, 0.717) is 37.7 Å². The van der Waals surface area contributed by atoms with E-state index < -0.39 is 0 Å². The third-order valence-electron chi connectivity index (χ3n) is 7.35. The van der Waals surface area contributed by atoms with Crippen molar-refractivity contribution < 1.29 is 19.0 Å². The number of fused-ring (bicyclic) bond motifs is 1. The van der Waals surface area contributed by atoms with Gasteiger partial charge in [-0.2, -0.15) is 0 Å². The Bertz CT molecular complexity index is 1640. The van der Waals surface area contributed by atoms with Crippen molar-refractivity contribution in [1.82, 2.24) is 19.4 Å². The van der Waals surface area contributed by atoms with Crippen molar-refractivity contribution in [2.45, 2.75) is 0 Å². The highest BCUT2D eigenvalue weighted by atomic mass is 16.5. The first-order valence-corrected chi connectivity index (χ1v) is 13.5. The zero-order chi connectivity index (χ0) is 28.2. The van der Waals surface area contributed by atoms with Crippen LogP contribution in [0.3, 0.4) is 0 Å². The van der Waals surface area contributed by atoms with E-state index in [1.165, 1.54) is 0 Å². The molecule has 208 valence electrons. The van der Waals surface area contributed by atoms with Crippen LogP contribution < -0.4 is 19.1 Å². The number of carbonyl (C=O) groups excluding carboxylic acids is 1. The van der Waals surface area contributed by atoms with Crippen LogP contribution in [0.5, 0.6) is 17.2 Å². The van der Waals surface area contributed by atoms with Gasteiger partial charge in [0.15, 0.2) is 23.8 Å². The highest BCUT2D eigenvalue weighted by Gasteiger charge is 2.26. The summed E-state index contributed by atoms with van der Waals surface area (Å²) in [7, 11) is 3.25. The van der Waals surface area contributed by atoms with E-state index >= 15 is 0 Å². The van der Waals surface area contributed by atoms with Crippen LogP contribution in [0.4, 0.5) is 5.82 Å². The number of methoxy groups -OCH3 is 2. The van der Waals surface area contributed by atoms with Crippen molar-refractivity contribution in [3.8, 4) is 34.1 Å². The summed E-state index contributed by atoms with van der Waals surface area (Å²) in [6, 6.07) is 25.5. The lowest BCUT2D eigenvalue weighted by atomic mass is 10.1. The molecule has 0 N–H and O–H groups in total. The molecule has 3 aromatic carbocycles. The highest BCUT2D eigenvalue weighted by molar-refractivity contribution is 6.02. The molecule has 0 atom stereocenters. The van der Waals surface area contributed by atoms with E-state index in [4.69, 9.17) is 24.2 Å². The van der Waals surface area contributed by atoms with Crippen molar-refractivity contribution in [1.29, 1.82) is 0 Å². The standard InChI is InChI=1S/C32H31N5O4/c1-39-25-14-12-24(13-15-25)37-20-26(23-8-4-3-5-9-23)30-31(33-22-34-32(30)37)36-18-16-35(17-19-36)29(38)21-41-28-11-7-6-10-27(28)40-2/h3-15,20,22H,16-19,21H2,1-2H3. The average molecular weight is 550 g/mol.